The lowest BCUT2D eigenvalue weighted by Crippen LogP contribution is -1.95. The zero-order chi connectivity index (χ0) is 27.4. The molecule has 5 heterocycles. The summed E-state index contributed by atoms with van der Waals surface area (Å²) in [5.74, 6) is 0. The molecule has 0 fully saturated rings. The van der Waals surface area contributed by atoms with Crippen LogP contribution in [0.4, 0.5) is 0 Å². The van der Waals surface area contributed by atoms with Crippen LogP contribution in [0.2, 0.25) is 0 Å². The van der Waals surface area contributed by atoms with Crippen LogP contribution in [0, 0.1) is 0 Å². The minimum Gasteiger partial charge on any atom is -0.308 e. The molecular formula is C38H22N4. The molecule has 0 atom stereocenters. The highest BCUT2D eigenvalue weighted by Gasteiger charge is 2.21. The van der Waals surface area contributed by atoms with Gasteiger partial charge in [0.25, 0.3) is 0 Å². The Kier molecular flexibility index (Phi) is 4.15. The van der Waals surface area contributed by atoms with Crippen molar-refractivity contribution in [3.63, 3.8) is 0 Å². The molecule has 5 aromatic carbocycles. The Labute approximate surface area is 240 Å². The Balaban J connectivity index is 1.32. The molecule has 10 rings (SSSR count). The monoisotopic (exact) mass is 534 g/mol. The molecule has 0 unspecified atom stereocenters. The van der Waals surface area contributed by atoms with Crippen LogP contribution in [0.15, 0.2) is 134 Å². The fourth-order valence-corrected chi connectivity index (χ4v) is 7.19. The Hall–Kier alpha value is -5.74. The van der Waals surface area contributed by atoms with Crippen LogP contribution in [-0.2, 0) is 0 Å². The first kappa shape index (κ1) is 22.0. The van der Waals surface area contributed by atoms with E-state index in [1.54, 1.807) is 0 Å². The standard InChI is InChI=1S/C38H22N4/c1-4-12-33-26(8-1)25(17-19-39-33)23-15-16-36-30(20-23)29-11-7-18-40-38(29)41(36)24-21-31-27-9-2-5-13-34(27)42-35-14-6-3-10-28(35)32(22-24)37(31)42/h1-22H. The summed E-state index contributed by atoms with van der Waals surface area (Å²) < 4.78 is 4.76. The second-order valence-corrected chi connectivity index (χ2v) is 11.1. The Bertz CT molecular complexity index is 2600. The lowest BCUT2D eigenvalue weighted by atomic mass is 9.99. The molecule has 0 bridgehead atoms. The van der Waals surface area contributed by atoms with Gasteiger partial charge in [-0.3, -0.25) is 9.55 Å². The lowest BCUT2D eigenvalue weighted by molar-refractivity contribution is 1.14. The molecule has 4 heteroatoms. The van der Waals surface area contributed by atoms with Crippen LogP contribution < -0.4 is 0 Å². The lowest BCUT2D eigenvalue weighted by Gasteiger charge is -2.10. The number of pyridine rings is 2. The highest BCUT2D eigenvalue weighted by Crippen LogP contribution is 2.42. The van der Waals surface area contributed by atoms with E-state index >= 15 is 0 Å². The van der Waals surface area contributed by atoms with Crippen LogP contribution in [0.3, 0.4) is 0 Å². The first-order valence-corrected chi connectivity index (χ1v) is 14.3. The topological polar surface area (TPSA) is 35.1 Å². The highest BCUT2D eigenvalue weighted by molar-refractivity contribution is 6.24. The van der Waals surface area contributed by atoms with Crippen molar-refractivity contribution in [1.82, 2.24) is 18.9 Å². The van der Waals surface area contributed by atoms with Crippen molar-refractivity contribution in [3.8, 4) is 16.8 Å². The normalized spacial score (nSPS) is 12.3. The minimum absolute atomic E-state index is 0.964. The van der Waals surface area contributed by atoms with E-state index in [1.165, 1.54) is 54.6 Å². The van der Waals surface area contributed by atoms with E-state index in [4.69, 9.17) is 4.98 Å². The maximum Gasteiger partial charge on any atom is 0.145 e. The van der Waals surface area contributed by atoms with Gasteiger partial charge in [0.1, 0.15) is 5.65 Å². The molecule has 0 saturated heterocycles. The molecule has 42 heavy (non-hydrogen) atoms. The van der Waals surface area contributed by atoms with Crippen LogP contribution >= 0.6 is 0 Å². The molecule has 0 aliphatic heterocycles. The Morgan fingerprint density at radius 1 is 0.452 bits per heavy atom. The van der Waals surface area contributed by atoms with E-state index in [9.17, 15) is 0 Å². The fourth-order valence-electron chi connectivity index (χ4n) is 7.19. The van der Waals surface area contributed by atoms with Gasteiger partial charge in [0.15, 0.2) is 0 Å². The number of hydrogen-bond acceptors (Lipinski definition) is 2. The number of aromatic nitrogens is 4. The second kappa shape index (κ2) is 7.93. The molecule has 5 aromatic heterocycles. The number of fused-ring (bicyclic) bond motifs is 10. The summed E-state index contributed by atoms with van der Waals surface area (Å²) in [5, 5.41) is 8.56. The summed E-state index contributed by atoms with van der Waals surface area (Å²) in [6.45, 7) is 0. The third-order valence-corrected chi connectivity index (χ3v) is 8.93. The van der Waals surface area contributed by atoms with Crippen molar-refractivity contribution < 1.29 is 0 Å². The van der Waals surface area contributed by atoms with E-state index in [2.05, 4.69) is 123 Å². The number of hydrogen-bond donors (Lipinski definition) is 0. The molecule has 0 aliphatic carbocycles. The van der Waals surface area contributed by atoms with Gasteiger partial charge in [-0.2, -0.15) is 0 Å². The van der Waals surface area contributed by atoms with E-state index in [0.29, 0.717) is 0 Å². The summed E-state index contributed by atoms with van der Waals surface area (Å²) in [5.41, 5.74) is 10.4. The third kappa shape index (κ3) is 2.76. The highest BCUT2D eigenvalue weighted by atomic mass is 15.0. The Morgan fingerprint density at radius 3 is 1.93 bits per heavy atom. The average molecular weight is 535 g/mol. The number of benzene rings is 5. The van der Waals surface area contributed by atoms with Crippen molar-refractivity contribution in [2.75, 3.05) is 0 Å². The van der Waals surface area contributed by atoms with Gasteiger partial charge in [-0.1, -0.05) is 60.7 Å². The molecule has 10 aromatic rings. The van der Waals surface area contributed by atoms with Crippen molar-refractivity contribution in [2.45, 2.75) is 0 Å². The number of para-hydroxylation sites is 3. The van der Waals surface area contributed by atoms with E-state index in [1.807, 2.05) is 24.5 Å². The molecule has 0 amide bonds. The molecule has 0 saturated carbocycles. The first-order chi connectivity index (χ1) is 20.8. The first-order valence-electron chi connectivity index (χ1n) is 14.3. The van der Waals surface area contributed by atoms with Crippen molar-refractivity contribution in [1.29, 1.82) is 0 Å². The minimum atomic E-state index is 0.964. The summed E-state index contributed by atoms with van der Waals surface area (Å²) in [6, 6.07) is 43.7. The third-order valence-electron chi connectivity index (χ3n) is 8.93. The predicted molar refractivity (Wildman–Crippen MR) is 174 cm³/mol. The van der Waals surface area contributed by atoms with E-state index in [0.717, 1.165) is 33.1 Å². The summed E-state index contributed by atoms with van der Waals surface area (Å²) in [7, 11) is 0. The van der Waals surface area contributed by atoms with Crippen LogP contribution in [0.1, 0.15) is 0 Å². The van der Waals surface area contributed by atoms with Crippen LogP contribution in [-0.4, -0.2) is 18.9 Å². The van der Waals surface area contributed by atoms with Gasteiger partial charge in [0.2, 0.25) is 0 Å². The molecule has 0 N–H and O–H groups in total. The van der Waals surface area contributed by atoms with Crippen molar-refractivity contribution in [2.24, 2.45) is 0 Å². The summed E-state index contributed by atoms with van der Waals surface area (Å²) >= 11 is 0. The second-order valence-electron chi connectivity index (χ2n) is 11.1. The maximum atomic E-state index is 4.94. The van der Waals surface area contributed by atoms with Crippen LogP contribution in [0.25, 0.3) is 87.7 Å². The molecule has 0 aliphatic rings. The zero-order valence-electron chi connectivity index (χ0n) is 22.5. The van der Waals surface area contributed by atoms with Gasteiger partial charge in [-0.15, -0.1) is 0 Å². The smallest absolute Gasteiger partial charge is 0.145 e. The van der Waals surface area contributed by atoms with Gasteiger partial charge in [-0.25, -0.2) is 4.98 Å². The van der Waals surface area contributed by atoms with Gasteiger partial charge in [-0.05, 0) is 71.8 Å². The Morgan fingerprint density at radius 2 is 1.14 bits per heavy atom. The van der Waals surface area contributed by atoms with Gasteiger partial charge in [0.05, 0.1) is 27.6 Å². The van der Waals surface area contributed by atoms with Crippen molar-refractivity contribution >= 4 is 70.9 Å². The van der Waals surface area contributed by atoms with Gasteiger partial charge >= 0.3 is 0 Å². The SMILES string of the molecule is c1ccc2c(-c3ccc4c(c3)c3cccnc3n4-c3cc4c5ccccc5n5c6ccccc6c(c3)c45)ccnc2c1. The average Bonchev–Trinajstić information content (AvgIpc) is 3.69. The summed E-state index contributed by atoms with van der Waals surface area (Å²) in [4.78, 5) is 9.52. The maximum absolute atomic E-state index is 4.94. The number of nitrogens with zero attached hydrogens (tertiary/aromatic N) is 4. The zero-order valence-corrected chi connectivity index (χ0v) is 22.5. The molecule has 4 nitrogen and oxygen atoms in total. The molecular weight excluding hydrogens is 512 g/mol. The summed E-state index contributed by atoms with van der Waals surface area (Å²) in [6.07, 6.45) is 3.80. The van der Waals surface area contributed by atoms with Crippen molar-refractivity contribution in [3.05, 3.63) is 134 Å². The molecule has 194 valence electrons. The van der Waals surface area contributed by atoms with Gasteiger partial charge in [0, 0.05) is 55.8 Å². The number of rotatable bonds is 2. The molecule has 0 radical (unpaired) electrons. The van der Waals surface area contributed by atoms with Crippen LogP contribution in [0.5, 0.6) is 0 Å². The molecule has 0 spiro atoms. The predicted octanol–water partition coefficient (Wildman–Crippen LogP) is 9.54. The quantitative estimate of drug-likeness (QED) is 0.221. The largest absolute Gasteiger partial charge is 0.308 e. The van der Waals surface area contributed by atoms with Gasteiger partial charge < -0.3 is 4.40 Å². The van der Waals surface area contributed by atoms with E-state index < -0.39 is 0 Å². The van der Waals surface area contributed by atoms with E-state index in [-0.39, 0.29) is 0 Å². The fraction of sp³-hybridized carbons (Fsp3) is 0.